The van der Waals surface area contributed by atoms with Crippen LogP contribution in [0.4, 0.5) is 11.4 Å². The molecule has 0 saturated heterocycles. The molecular weight excluding hydrogens is 232 g/mol. The van der Waals surface area contributed by atoms with Gasteiger partial charge in [-0.3, -0.25) is 14.9 Å². The van der Waals surface area contributed by atoms with Gasteiger partial charge in [0.05, 0.1) is 10.5 Å². The number of nitro benzene ring substituents is 1. The number of nitrogens with one attached hydrogen (secondary N) is 1. The number of carboxylic acids is 2. The molecule has 3 N–H and O–H groups in total. The van der Waals surface area contributed by atoms with Crippen molar-refractivity contribution >= 4 is 23.3 Å². The molecule has 0 radical (unpaired) electrons. The minimum atomic E-state index is -1.33. The fourth-order valence-corrected chi connectivity index (χ4v) is 1.12. The average Bonchev–Trinajstić information content (AvgIpc) is 2.25. The van der Waals surface area contributed by atoms with Crippen LogP contribution in [0.15, 0.2) is 18.2 Å². The van der Waals surface area contributed by atoms with Crippen molar-refractivity contribution in [2.75, 3.05) is 11.9 Å². The second-order valence-corrected chi connectivity index (χ2v) is 3.08. The number of nitrogens with zero attached hydrogens (tertiary/aromatic N) is 1. The summed E-state index contributed by atoms with van der Waals surface area (Å²) in [6.45, 7) is -0.458. The number of aromatic carboxylic acids is 1. The molecule has 0 aliphatic carbocycles. The highest BCUT2D eigenvalue weighted by atomic mass is 16.6. The van der Waals surface area contributed by atoms with Crippen molar-refractivity contribution < 1.29 is 24.7 Å². The first kappa shape index (κ1) is 12.4. The van der Waals surface area contributed by atoms with Crippen molar-refractivity contribution in [1.82, 2.24) is 0 Å². The largest absolute Gasteiger partial charge is 0.480 e. The van der Waals surface area contributed by atoms with Crippen LogP contribution in [-0.2, 0) is 4.79 Å². The Balaban J connectivity index is 3.08. The lowest BCUT2D eigenvalue weighted by atomic mass is 10.1. The molecule has 0 aliphatic rings. The molecule has 0 aromatic heterocycles. The molecule has 0 atom stereocenters. The van der Waals surface area contributed by atoms with E-state index in [9.17, 15) is 19.7 Å². The highest BCUT2D eigenvalue weighted by molar-refractivity contribution is 5.90. The zero-order valence-corrected chi connectivity index (χ0v) is 8.41. The standard InChI is InChI=1S/C9H8N2O6/c12-8(13)4-10-6-1-5(9(14)15)2-7(3-6)11(16)17/h1-3,10H,4H2,(H,12,13)(H,14,15). The number of nitro groups is 1. The highest BCUT2D eigenvalue weighted by Crippen LogP contribution is 2.20. The van der Waals surface area contributed by atoms with Gasteiger partial charge in [-0.2, -0.15) is 0 Å². The van der Waals surface area contributed by atoms with Crippen LogP contribution >= 0.6 is 0 Å². The summed E-state index contributed by atoms with van der Waals surface area (Å²) in [5.74, 6) is -2.49. The van der Waals surface area contributed by atoms with E-state index < -0.39 is 29.1 Å². The number of carbonyl (C=O) groups is 2. The van der Waals surface area contributed by atoms with E-state index in [1.807, 2.05) is 0 Å². The maximum Gasteiger partial charge on any atom is 0.336 e. The van der Waals surface area contributed by atoms with Crippen LogP contribution in [0.5, 0.6) is 0 Å². The van der Waals surface area contributed by atoms with Crippen molar-refractivity contribution in [2.45, 2.75) is 0 Å². The maximum absolute atomic E-state index is 10.7. The monoisotopic (exact) mass is 240 g/mol. The summed E-state index contributed by atoms with van der Waals surface area (Å²) >= 11 is 0. The second-order valence-electron chi connectivity index (χ2n) is 3.08. The molecule has 0 amide bonds. The second kappa shape index (κ2) is 4.92. The quantitative estimate of drug-likeness (QED) is 0.512. The Bertz CT molecular complexity index is 452. The Hall–Kier alpha value is -2.64. The fourth-order valence-electron chi connectivity index (χ4n) is 1.12. The summed E-state index contributed by atoms with van der Waals surface area (Å²) < 4.78 is 0. The van der Waals surface area contributed by atoms with Gasteiger partial charge in [-0.05, 0) is 6.07 Å². The van der Waals surface area contributed by atoms with E-state index in [4.69, 9.17) is 10.2 Å². The van der Waals surface area contributed by atoms with Crippen molar-refractivity contribution in [3.63, 3.8) is 0 Å². The first-order valence-electron chi connectivity index (χ1n) is 4.38. The van der Waals surface area contributed by atoms with Crippen LogP contribution in [0.3, 0.4) is 0 Å². The zero-order chi connectivity index (χ0) is 13.0. The Labute approximate surface area is 94.6 Å². The van der Waals surface area contributed by atoms with Crippen molar-refractivity contribution in [3.8, 4) is 0 Å². The summed E-state index contributed by atoms with van der Waals surface area (Å²) in [7, 11) is 0. The number of rotatable bonds is 5. The van der Waals surface area contributed by atoms with Crippen LogP contribution in [0.2, 0.25) is 0 Å². The summed E-state index contributed by atoms with van der Waals surface area (Å²) in [5.41, 5.74) is -0.635. The molecule has 1 aromatic carbocycles. The lowest BCUT2D eigenvalue weighted by molar-refractivity contribution is -0.384. The minimum Gasteiger partial charge on any atom is -0.480 e. The van der Waals surface area contributed by atoms with Gasteiger partial charge in [0.1, 0.15) is 6.54 Å². The number of hydrogen-bond acceptors (Lipinski definition) is 5. The van der Waals surface area contributed by atoms with Gasteiger partial charge in [0, 0.05) is 17.8 Å². The van der Waals surface area contributed by atoms with Gasteiger partial charge in [-0.25, -0.2) is 4.79 Å². The fraction of sp³-hybridized carbons (Fsp3) is 0.111. The van der Waals surface area contributed by atoms with Crippen molar-refractivity contribution in [1.29, 1.82) is 0 Å². The third-order valence-corrected chi connectivity index (χ3v) is 1.82. The molecule has 1 rings (SSSR count). The third-order valence-electron chi connectivity index (χ3n) is 1.82. The summed E-state index contributed by atoms with van der Waals surface area (Å²) in [6, 6.07) is 3.09. The maximum atomic E-state index is 10.7. The van der Waals surface area contributed by atoms with Gasteiger partial charge in [0.2, 0.25) is 0 Å². The van der Waals surface area contributed by atoms with Crippen molar-refractivity contribution in [3.05, 3.63) is 33.9 Å². The summed E-state index contributed by atoms with van der Waals surface area (Å²) in [5, 5.41) is 30.0. The molecular formula is C9H8N2O6. The molecule has 8 heteroatoms. The first-order chi connectivity index (χ1) is 7.90. The van der Waals surface area contributed by atoms with E-state index >= 15 is 0 Å². The van der Waals surface area contributed by atoms with Crippen LogP contribution in [0.1, 0.15) is 10.4 Å². The zero-order valence-electron chi connectivity index (χ0n) is 8.41. The topological polar surface area (TPSA) is 130 Å². The smallest absolute Gasteiger partial charge is 0.336 e. The molecule has 0 saturated carbocycles. The normalized spacial score (nSPS) is 9.65. The molecule has 0 aliphatic heterocycles. The predicted octanol–water partition coefficient (Wildman–Crippen LogP) is 0.789. The third kappa shape index (κ3) is 3.45. The molecule has 1 aromatic rings. The summed E-state index contributed by atoms with van der Waals surface area (Å²) in [4.78, 5) is 30.8. The first-order valence-corrected chi connectivity index (χ1v) is 4.38. The SMILES string of the molecule is O=C(O)CNc1cc(C(=O)O)cc([N+](=O)[O-])c1. The number of carboxylic acid groups (broad SMARTS) is 2. The molecule has 0 bridgehead atoms. The Kier molecular flexibility index (Phi) is 3.60. The average molecular weight is 240 g/mol. The van der Waals surface area contributed by atoms with Gasteiger partial charge in [-0.1, -0.05) is 0 Å². The van der Waals surface area contributed by atoms with Gasteiger partial charge >= 0.3 is 11.9 Å². The molecule has 0 heterocycles. The predicted molar refractivity (Wildman–Crippen MR) is 56.2 cm³/mol. The Morgan fingerprint density at radius 3 is 2.41 bits per heavy atom. The van der Waals surface area contributed by atoms with Crippen LogP contribution < -0.4 is 5.32 Å². The molecule has 17 heavy (non-hydrogen) atoms. The molecule has 0 spiro atoms. The Morgan fingerprint density at radius 1 is 1.29 bits per heavy atom. The van der Waals surface area contributed by atoms with Crippen molar-refractivity contribution in [2.24, 2.45) is 0 Å². The molecule has 8 nitrogen and oxygen atoms in total. The van der Waals surface area contributed by atoms with Gasteiger partial charge in [-0.15, -0.1) is 0 Å². The van der Waals surface area contributed by atoms with Gasteiger partial charge in [0.25, 0.3) is 5.69 Å². The van der Waals surface area contributed by atoms with E-state index in [1.54, 1.807) is 0 Å². The number of aliphatic carboxylic acids is 1. The number of non-ortho nitro benzene ring substituents is 1. The van der Waals surface area contributed by atoms with Gasteiger partial charge < -0.3 is 15.5 Å². The van der Waals surface area contributed by atoms with E-state index in [2.05, 4.69) is 5.32 Å². The van der Waals surface area contributed by atoms with Crippen LogP contribution in [-0.4, -0.2) is 33.6 Å². The van der Waals surface area contributed by atoms with Crippen LogP contribution in [0.25, 0.3) is 0 Å². The molecule has 0 unspecified atom stereocenters. The minimum absolute atomic E-state index is 0.0685. The van der Waals surface area contributed by atoms with Gasteiger partial charge in [0.15, 0.2) is 0 Å². The van der Waals surface area contributed by atoms with E-state index in [0.717, 1.165) is 18.2 Å². The van der Waals surface area contributed by atoms with Crippen LogP contribution in [0, 0.1) is 10.1 Å². The van der Waals surface area contributed by atoms with E-state index in [0.29, 0.717) is 0 Å². The highest BCUT2D eigenvalue weighted by Gasteiger charge is 2.13. The lowest BCUT2D eigenvalue weighted by Crippen LogP contribution is -2.13. The lowest BCUT2D eigenvalue weighted by Gasteiger charge is -2.04. The molecule has 0 fully saturated rings. The van der Waals surface area contributed by atoms with E-state index in [1.165, 1.54) is 0 Å². The number of benzene rings is 1. The van der Waals surface area contributed by atoms with E-state index in [-0.39, 0.29) is 11.3 Å². The molecule has 90 valence electrons. The number of anilines is 1. The number of hydrogen-bond donors (Lipinski definition) is 3. The summed E-state index contributed by atoms with van der Waals surface area (Å²) in [6.07, 6.45) is 0. The Morgan fingerprint density at radius 2 is 1.94 bits per heavy atom.